The lowest BCUT2D eigenvalue weighted by Crippen LogP contribution is -1.99. The molecule has 3 nitrogen and oxygen atoms in total. The van der Waals surface area contributed by atoms with Crippen LogP contribution in [0.4, 0.5) is 0 Å². The second kappa shape index (κ2) is 3.98. The van der Waals surface area contributed by atoms with Crippen molar-refractivity contribution in [2.75, 3.05) is 0 Å². The summed E-state index contributed by atoms with van der Waals surface area (Å²) < 4.78 is 1.16. The van der Waals surface area contributed by atoms with Gasteiger partial charge in [-0.05, 0) is 30.5 Å². The van der Waals surface area contributed by atoms with Crippen LogP contribution in [0.3, 0.4) is 0 Å². The molecule has 1 aromatic heterocycles. The molecule has 0 aliphatic carbocycles. The first-order chi connectivity index (χ1) is 7.18. The first-order valence-corrected chi connectivity index (χ1v) is 5.60. The third-order valence-corrected chi connectivity index (χ3v) is 3.27. The molecule has 0 aliphatic heterocycles. The molecule has 0 spiro atoms. The molecule has 0 aliphatic rings. The van der Waals surface area contributed by atoms with E-state index in [1.807, 2.05) is 24.6 Å². The van der Waals surface area contributed by atoms with Crippen LogP contribution in [0, 0.1) is 6.92 Å². The Morgan fingerprint density at radius 3 is 3.07 bits per heavy atom. The molecule has 1 N–H and O–H groups in total. The number of hydrogen-bond acceptors (Lipinski definition) is 3. The summed E-state index contributed by atoms with van der Waals surface area (Å²) in [7, 11) is 0. The first kappa shape index (κ1) is 10.1. The van der Waals surface area contributed by atoms with Crippen molar-refractivity contribution >= 4 is 27.5 Å². The van der Waals surface area contributed by atoms with Crippen molar-refractivity contribution < 1.29 is 9.90 Å². The van der Waals surface area contributed by atoms with Crippen molar-refractivity contribution in [2.24, 2.45) is 0 Å². The summed E-state index contributed by atoms with van der Waals surface area (Å²) >= 11 is 1.61. The number of aryl methyl sites for hydroxylation is 2. The molecule has 0 bridgehead atoms. The summed E-state index contributed by atoms with van der Waals surface area (Å²) in [4.78, 5) is 14.8. The number of thiazole rings is 1. The molecule has 15 heavy (non-hydrogen) atoms. The number of carboxylic acid groups (broad SMARTS) is 1. The van der Waals surface area contributed by atoms with E-state index in [9.17, 15) is 4.79 Å². The molecule has 4 heteroatoms. The van der Waals surface area contributed by atoms with Crippen molar-refractivity contribution in [3.05, 3.63) is 28.8 Å². The molecule has 0 saturated carbocycles. The van der Waals surface area contributed by atoms with Crippen LogP contribution in [0.2, 0.25) is 0 Å². The molecular formula is C11H11NO2S. The topological polar surface area (TPSA) is 50.2 Å². The average molecular weight is 221 g/mol. The van der Waals surface area contributed by atoms with Crippen molar-refractivity contribution in [1.82, 2.24) is 4.98 Å². The zero-order chi connectivity index (χ0) is 10.8. The van der Waals surface area contributed by atoms with E-state index in [2.05, 4.69) is 4.98 Å². The van der Waals surface area contributed by atoms with Crippen molar-refractivity contribution in [3.8, 4) is 0 Å². The Balaban J connectivity index is 2.35. The van der Waals surface area contributed by atoms with Crippen LogP contribution in [0.25, 0.3) is 10.2 Å². The van der Waals surface area contributed by atoms with E-state index in [1.54, 1.807) is 11.3 Å². The maximum absolute atomic E-state index is 10.5. The molecule has 0 saturated heterocycles. The lowest BCUT2D eigenvalue weighted by atomic mass is 10.0. The summed E-state index contributed by atoms with van der Waals surface area (Å²) in [6.45, 7) is 2.00. The number of hydrogen-bond donors (Lipinski definition) is 1. The van der Waals surface area contributed by atoms with E-state index in [0.29, 0.717) is 6.42 Å². The van der Waals surface area contributed by atoms with Crippen molar-refractivity contribution in [1.29, 1.82) is 0 Å². The number of rotatable bonds is 3. The second-order valence-electron chi connectivity index (χ2n) is 3.44. The highest BCUT2D eigenvalue weighted by atomic mass is 32.1. The first-order valence-electron chi connectivity index (χ1n) is 4.72. The van der Waals surface area contributed by atoms with Crippen LogP contribution in [-0.4, -0.2) is 16.1 Å². The van der Waals surface area contributed by atoms with Crippen LogP contribution in [0.1, 0.15) is 17.5 Å². The number of aromatic nitrogens is 1. The van der Waals surface area contributed by atoms with Gasteiger partial charge in [0.1, 0.15) is 0 Å². The van der Waals surface area contributed by atoms with Crippen LogP contribution in [0.5, 0.6) is 0 Å². The minimum absolute atomic E-state index is 0.177. The van der Waals surface area contributed by atoms with Gasteiger partial charge in [-0.25, -0.2) is 4.98 Å². The molecular weight excluding hydrogens is 210 g/mol. The van der Waals surface area contributed by atoms with Gasteiger partial charge in [0, 0.05) is 6.42 Å². The van der Waals surface area contributed by atoms with E-state index in [1.165, 1.54) is 0 Å². The number of fused-ring (bicyclic) bond motifs is 1. The lowest BCUT2D eigenvalue weighted by Gasteiger charge is -2.04. The molecule has 0 fully saturated rings. The fourth-order valence-corrected chi connectivity index (χ4v) is 2.36. The smallest absolute Gasteiger partial charge is 0.303 e. The zero-order valence-corrected chi connectivity index (χ0v) is 9.17. The Kier molecular flexibility index (Phi) is 2.68. The van der Waals surface area contributed by atoms with Crippen molar-refractivity contribution in [3.63, 3.8) is 0 Å². The maximum atomic E-state index is 10.5. The molecule has 0 unspecified atom stereocenters. The third-order valence-electron chi connectivity index (χ3n) is 2.48. The Labute approximate surface area is 91.4 Å². The van der Waals surface area contributed by atoms with Gasteiger partial charge < -0.3 is 5.11 Å². The molecule has 0 atom stereocenters. The largest absolute Gasteiger partial charge is 0.481 e. The Bertz CT molecular complexity index is 504. The van der Waals surface area contributed by atoms with E-state index in [-0.39, 0.29) is 6.42 Å². The fraction of sp³-hybridized carbons (Fsp3) is 0.273. The number of benzene rings is 1. The highest BCUT2D eigenvalue weighted by Crippen LogP contribution is 2.24. The highest BCUT2D eigenvalue weighted by Gasteiger charge is 2.07. The molecule has 0 amide bonds. The Hall–Kier alpha value is -1.42. The molecule has 0 radical (unpaired) electrons. The monoisotopic (exact) mass is 221 g/mol. The van der Waals surface area contributed by atoms with E-state index >= 15 is 0 Å². The molecule has 1 aromatic carbocycles. The van der Waals surface area contributed by atoms with Crippen molar-refractivity contribution in [2.45, 2.75) is 19.8 Å². The van der Waals surface area contributed by atoms with Gasteiger partial charge in [0.2, 0.25) is 0 Å². The predicted octanol–water partition coefficient (Wildman–Crippen LogP) is 2.62. The predicted molar refractivity (Wildman–Crippen MR) is 60.3 cm³/mol. The normalized spacial score (nSPS) is 10.7. The fourth-order valence-electron chi connectivity index (χ4n) is 1.62. The van der Waals surface area contributed by atoms with Crippen LogP contribution in [-0.2, 0) is 11.2 Å². The molecule has 78 valence electrons. The summed E-state index contributed by atoms with van der Waals surface area (Å²) in [5, 5.41) is 8.63. The van der Waals surface area contributed by atoms with Gasteiger partial charge in [0.05, 0.1) is 15.7 Å². The van der Waals surface area contributed by atoms with Gasteiger partial charge in [0.25, 0.3) is 0 Å². The van der Waals surface area contributed by atoms with Crippen LogP contribution < -0.4 is 0 Å². The second-order valence-corrected chi connectivity index (χ2v) is 4.33. The highest BCUT2D eigenvalue weighted by molar-refractivity contribution is 7.16. The zero-order valence-electron chi connectivity index (χ0n) is 8.36. The van der Waals surface area contributed by atoms with E-state index < -0.39 is 5.97 Å². The average Bonchev–Trinajstić information content (AvgIpc) is 2.65. The number of carbonyl (C=O) groups is 1. The van der Waals surface area contributed by atoms with E-state index in [0.717, 1.165) is 21.3 Å². The van der Waals surface area contributed by atoms with Crippen LogP contribution in [0.15, 0.2) is 17.6 Å². The number of aliphatic carboxylic acids is 1. The Morgan fingerprint density at radius 2 is 2.33 bits per heavy atom. The van der Waals surface area contributed by atoms with Gasteiger partial charge in [-0.2, -0.15) is 0 Å². The molecule has 2 aromatic rings. The van der Waals surface area contributed by atoms with Gasteiger partial charge in [-0.3, -0.25) is 4.79 Å². The van der Waals surface area contributed by atoms with Crippen LogP contribution >= 0.6 is 11.3 Å². The maximum Gasteiger partial charge on any atom is 0.303 e. The van der Waals surface area contributed by atoms with Gasteiger partial charge >= 0.3 is 5.97 Å². The van der Waals surface area contributed by atoms with Gasteiger partial charge in [-0.15, -0.1) is 11.3 Å². The third kappa shape index (κ3) is 1.99. The quantitative estimate of drug-likeness (QED) is 0.866. The summed E-state index contributed by atoms with van der Waals surface area (Å²) in [5.74, 6) is -0.757. The lowest BCUT2D eigenvalue weighted by molar-refractivity contribution is -0.136. The summed E-state index contributed by atoms with van der Waals surface area (Å²) in [6, 6.07) is 4.01. The minimum Gasteiger partial charge on any atom is -0.481 e. The Morgan fingerprint density at radius 1 is 1.53 bits per heavy atom. The molecule has 2 rings (SSSR count). The molecule has 1 heterocycles. The van der Waals surface area contributed by atoms with E-state index in [4.69, 9.17) is 5.11 Å². The summed E-state index contributed by atoms with van der Waals surface area (Å²) in [6.07, 6.45) is 0.755. The minimum atomic E-state index is -0.757. The standard InChI is InChI=1S/C11H11NO2S/c1-7-8(3-5-10(13)14)2-4-9-11(7)12-6-15-9/h2,4,6H,3,5H2,1H3,(H,13,14). The SMILES string of the molecule is Cc1c(CCC(=O)O)ccc2scnc12. The number of nitrogens with zero attached hydrogens (tertiary/aromatic N) is 1. The van der Waals surface area contributed by atoms with Gasteiger partial charge in [0.15, 0.2) is 0 Å². The number of carboxylic acids is 1. The van der Waals surface area contributed by atoms with Gasteiger partial charge in [-0.1, -0.05) is 6.07 Å². The summed E-state index contributed by atoms with van der Waals surface area (Å²) in [5.41, 5.74) is 5.01.